The molecule has 5 nitrogen and oxygen atoms in total. The van der Waals surface area contributed by atoms with Gasteiger partial charge in [0.1, 0.15) is 6.04 Å². The Labute approximate surface area is 106 Å². The fourth-order valence-electron chi connectivity index (χ4n) is 1.62. The van der Waals surface area contributed by atoms with Gasteiger partial charge in [0.2, 0.25) is 0 Å². The predicted octanol–water partition coefficient (Wildman–Crippen LogP) is 1.91. The SMILES string of the molecule is CCOc1cc(C(NC(C)C)C(=O)O)ccc1O. The molecule has 1 unspecified atom stereocenters. The highest BCUT2D eigenvalue weighted by Gasteiger charge is 2.21. The van der Waals surface area contributed by atoms with E-state index in [1.165, 1.54) is 6.07 Å². The van der Waals surface area contributed by atoms with Gasteiger partial charge >= 0.3 is 5.97 Å². The Hall–Kier alpha value is -1.75. The number of carbonyl (C=O) groups is 1. The summed E-state index contributed by atoms with van der Waals surface area (Å²) < 4.78 is 5.24. The fraction of sp³-hybridized carbons (Fsp3) is 0.462. The van der Waals surface area contributed by atoms with Crippen molar-refractivity contribution in [1.82, 2.24) is 5.32 Å². The predicted molar refractivity (Wildman–Crippen MR) is 67.9 cm³/mol. The molecule has 0 heterocycles. The Morgan fingerprint density at radius 2 is 2.11 bits per heavy atom. The van der Waals surface area contributed by atoms with Gasteiger partial charge in [0.15, 0.2) is 11.5 Å². The summed E-state index contributed by atoms with van der Waals surface area (Å²) in [6.45, 7) is 5.96. The highest BCUT2D eigenvalue weighted by atomic mass is 16.5. The number of ether oxygens (including phenoxy) is 1. The van der Waals surface area contributed by atoms with E-state index >= 15 is 0 Å². The molecule has 0 aliphatic carbocycles. The van der Waals surface area contributed by atoms with E-state index in [1.807, 2.05) is 13.8 Å². The van der Waals surface area contributed by atoms with Crippen molar-refractivity contribution in [2.75, 3.05) is 6.61 Å². The average Bonchev–Trinajstić information content (AvgIpc) is 2.29. The van der Waals surface area contributed by atoms with E-state index in [4.69, 9.17) is 4.74 Å². The molecule has 18 heavy (non-hydrogen) atoms. The van der Waals surface area contributed by atoms with Gasteiger partial charge in [-0.2, -0.15) is 0 Å². The number of phenols is 1. The number of hydrogen-bond acceptors (Lipinski definition) is 4. The average molecular weight is 253 g/mol. The van der Waals surface area contributed by atoms with Crippen molar-refractivity contribution < 1.29 is 19.7 Å². The van der Waals surface area contributed by atoms with Gasteiger partial charge in [-0.1, -0.05) is 6.07 Å². The van der Waals surface area contributed by atoms with E-state index in [-0.39, 0.29) is 11.8 Å². The first kappa shape index (κ1) is 14.3. The maximum absolute atomic E-state index is 11.2. The van der Waals surface area contributed by atoms with Gasteiger partial charge in [0, 0.05) is 6.04 Å². The molecule has 0 aromatic heterocycles. The van der Waals surface area contributed by atoms with Crippen LogP contribution in [0.25, 0.3) is 0 Å². The van der Waals surface area contributed by atoms with E-state index in [9.17, 15) is 15.0 Å². The first-order valence-corrected chi connectivity index (χ1v) is 5.90. The van der Waals surface area contributed by atoms with Gasteiger partial charge < -0.3 is 14.9 Å². The smallest absolute Gasteiger partial charge is 0.325 e. The van der Waals surface area contributed by atoms with E-state index in [2.05, 4.69) is 5.32 Å². The van der Waals surface area contributed by atoms with Crippen LogP contribution in [-0.2, 0) is 4.79 Å². The van der Waals surface area contributed by atoms with E-state index in [1.54, 1.807) is 19.1 Å². The molecule has 1 aromatic rings. The highest BCUT2D eigenvalue weighted by molar-refractivity contribution is 5.76. The summed E-state index contributed by atoms with van der Waals surface area (Å²) in [5.74, 6) is -0.655. The number of carboxylic acid groups (broad SMARTS) is 1. The van der Waals surface area contributed by atoms with Gasteiger partial charge in [0.25, 0.3) is 0 Å². The lowest BCUT2D eigenvalue weighted by atomic mass is 10.1. The first-order valence-electron chi connectivity index (χ1n) is 5.90. The zero-order valence-corrected chi connectivity index (χ0v) is 10.8. The number of phenolic OH excluding ortho intramolecular Hbond substituents is 1. The monoisotopic (exact) mass is 253 g/mol. The van der Waals surface area contributed by atoms with Gasteiger partial charge in [-0.05, 0) is 38.5 Å². The Morgan fingerprint density at radius 1 is 1.44 bits per heavy atom. The van der Waals surface area contributed by atoms with Crippen LogP contribution in [0.15, 0.2) is 18.2 Å². The minimum Gasteiger partial charge on any atom is -0.504 e. The molecule has 0 aliphatic heterocycles. The van der Waals surface area contributed by atoms with Crippen molar-refractivity contribution in [3.8, 4) is 11.5 Å². The number of benzene rings is 1. The molecule has 1 rings (SSSR count). The zero-order chi connectivity index (χ0) is 13.7. The lowest BCUT2D eigenvalue weighted by Gasteiger charge is -2.18. The van der Waals surface area contributed by atoms with Crippen LogP contribution in [0.1, 0.15) is 32.4 Å². The Bertz CT molecular complexity index is 417. The van der Waals surface area contributed by atoms with E-state index in [0.717, 1.165) is 0 Å². The third-order valence-electron chi connectivity index (χ3n) is 2.36. The zero-order valence-electron chi connectivity index (χ0n) is 10.8. The third-order valence-corrected chi connectivity index (χ3v) is 2.36. The number of nitrogens with one attached hydrogen (secondary N) is 1. The maximum atomic E-state index is 11.2. The highest BCUT2D eigenvalue weighted by Crippen LogP contribution is 2.29. The van der Waals surface area contributed by atoms with Gasteiger partial charge in [0.05, 0.1) is 6.61 Å². The lowest BCUT2D eigenvalue weighted by Crippen LogP contribution is -2.33. The molecule has 1 aromatic carbocycles. The quantitative estimate of drug-likeness (QED) is 0.721. The van der Waals surface area contributed by atoms with Crippen LogP contribution in [0.4, 0.5) is 0 Å². The molecule has 5 heteroatoms. The number of carboxylic acids is 1. The van der Waals surface area contributed by atoms with E-state index < -0.39 is 12.0 Å². The largest absolute Gasteiger partial charge is 0.504 e. The molecule has 0 aliphatic rings. The van der Waals surface area contributed by atoms with E-state index in [0.29, 0.717) is 17.9 Å². The normalized spacial score (nSPS) is 12.4. The molecule has 3 N–H and O–H groups in total. The van der Waals surface area contributed by atoms with Crippen molar-refractivity contribution in [3.63, 3.8) is 0 Å². The second-order valence-electron chi connectivity index (χ2n) is 4.25. The number of hydrogen-bond donors (Lipinski definition) is 3. The molecule has 0 saturated heterocycles. The fourth-order valence-corrected chi connectivity index (χ4v) is 1.62. The summed E-state index contributed by atoms with van der Waals surface area (Å²) in [5, 5.41) is 21.7. The van der Waals surface area contributed by atoms with Crippen LogP contribution in [0, 0.1) is 0 Å². The summed E-state index contributed by atoms with van der Waals surface area (Å²) in [7, 11) is 0. The second kappa shape index (κ2) is 6.26. The summed E-state index contributed by atoms with van der Waals surface area (Å²) >= 11 is 0. The van der Waals surface area contributed by atoms with Crippen molar-refractivity contribution >= 4 is 5.97 Å². The second-order valence-corrected chi connectivity index (χ2v) is 4.25. The summed E-state index contributed by atoms with van der Waals surface area (Å²) in [6.07, 6.45) is 0. The lowest BCUT2D eigenvalue weighted by molar-refractivity contribution is -0.139. The molecular weight excluding hydrogens is 234 g/mol. The van der Waals surface area contributed by atoms with Crippen LogP contribution in [-0.4, -0.2) is 28.8 Å². The minimum atomic E-state index is -0.961. The third kappa shape index (κ3) is 3.63. The Morgan fingerprint density at radius 3 is 2.61 bits per heavy atom. The molecule has 0 bridgehead atoms. The molecule has 100 valence electrons. The van der Waals surface area contributed by atoms with Crippen molar-refractivity contribution in [3.05, 3.63) is 23.8 Å². The topological polar surface area (TPSA) is 78.8 Å². The number of aromatic hydroxyl groups is 1. The van der Waals surface area contributed by atoms with Crippen LogP contribution >= 0.6 is 0 Å². The number of aliphatic carboxylic acids is 1. The summed E-state index contributed by atoms with van der Waals surface area (Å²) in [5.41, 5.74) is 0.553. The first-order chi connectivity index (χ1) is 8.45. The molecule has 0 spiro atoms. The molecule has 0 fully saturated rings. The summed E-state index contributed by atoms with van der Waals surface area (Å²) in [6, 6.07) is 3.79. The molecule has 0 amide bonds. The van der Waals surface area contributed by atoms with Gasteiger partial charge in [-0.25, -0.2) is 0 Å². The maximum Gasteiger partial charge on any atom is 0.325 e. The molecule has 1 atom stereocenters. The van der Waals surface area contributed by atoms with Crippen LogP contribution in [0.5, 0.6) is 11.5 Å². The number of rotatable bonds is 6. The van der Waals surface area contributed by atoms with Gasteiger partial charge in [-0.3, -0.25) is 10.1 Å². The van der Waals surface area contributed by atoms with Crippen molar-refractivity contribution in [1.29, 1.82) is 0 Å². The summed E-state index contributed by atoms with van der Waals surface area (Å²) in [4.78, 5) is 11.2. The molecule has 0 saturated carbocycles. The van der Waals surface area contributed by atoms with Crippen LogP contribution < -0.4 is 10.1 Å². The standard InChI is InChI=1S/C13H19NO4/c1-4-18-11-7-9(5-6-10(11)15)12(13(16)17)14-8(2)3/h5-8,12,14-15H,4H2,1-3H3,(H,16,17). The van der Waals surface area contributed by atoms with Crippen molar-refractivity contribution in [2.45, 2.75) is 32.9 Å². The minimum absolute atomic E-state index is 0.00860. The van der Waals surface area contributed by atoms with Gasteiger partial charge in [-0.15, -0.1) is 0 Å². The Kier molecular flexibility index (Phi) is 4.97. The van der Waals surface area contributed by atoms with Crippen LogP contribution in [0.2, 0.25) is 0 Å². The van der Waals surface area contributed by atoms with Crippen molar-refractivity contribution in [2.24, 2.45) is 0 Å². The molecule has 0 radical (unpaired) electrons. The van der Waals surface area contributed by atoms with Crippen LogP contribution in [0.3, 0.4) is 0 Å². The molecular formula is C13H19NO4. The Balaban J connectivity index is 3.04.